The minimum atomic E-state index is -1.37. The number of carbonyl (C=O) groups excluding carboxylic acids is 3. The molecule has 5 heterocycles. The first-order valence-electron chi connectivity index (χ1n) is 23.1. The van der Waals surface area contributed by atoms with Crippen LogP contribution in [0, 0.1) is 17.8 Å². The zero-order valence-electron chi connectivity index (χ0n) is 36.4. The highest BCUT2D eigenvalue weighted by atomic mass is 32.1. The SMILES string of the molecule is CC(C)Nc1nc(-c2cc(O[C@@H]3C[C@H]4C(=O)N[C@]5(C(=O)O)C[C@H]5CCCCCCC[C@H](NC(=O)OC5CC6C[C@@H]6C5)C(=O)N4C3)c3ccc(OCCN4CCOCC4)cc3n2)cs1. The predicted molar refractivity (Wildman–Crippen MR) is 236 cm³/mol. The van der Waals surface area contributed by atoms with Crippen molar-refractivity contribution in [2.45, 2.75) is 127 Å². The Balaban J connectivity index is 0.993. The second kappa shape index (κ2) is 18.8. The average Bonchev–Trinajstić information content (AvgIpc) is 3.91. The van der Waals surface area contributed by atoms with Gasteiger partial charge in [0, 0.05) is 55.0 Å². The van der Waals surface area contributed by atoms with Crippen LogP contribution in [0.5, 0.6) is 11.5 Å². The molecule has 16 nitrogen and oxygen atoms in total. The van der Waals surface area contributed by atoms with Crippen LogP contribution in [0.3, 0.4) is 0 Å². The fraction of sp³-hybridized carbons (Fsp3) is 0.652. The van der Waals surface area contributed by atoms with E-state index in [0.29, 0.717) is 91.1 Å². The van der Waals surface area contributed by atoms with Gasteiger partial charge in [0.25, 0.3) is 0 Å². The van der Waals surface area contributed by atoms with Gasteiger partial charge in [0.1, 0.15) is 53.6 Å². The number of alkyl carbamates (subject to hydrolysis) is 1. The third-order valence-electron chi connectivity index (χ3n) is 13.8. The number of pyridine rings is 1. The van der Waals surface area contributed by atoms with E-state index in [-0.39, 0.29) is 31.0 Å². The first kappa shape index (κ1) is 43.5. The van der Waals surface area contributed by atoms with Crippen LogP contribution < -0.4 is 25.4 Å². The van der Waals surface area contributed by atoms with Gasteiger partial charge in [0.05, 0.1) is 31.0 Å². The second-order valence-electron chi connectivity index (χ2n) is 18.8. The van der Waals surface area contributed by atoms with Crippen LogP contribution in [0.15, 0.2) is 29.6 Å². The molecule has 1 aromatic carbocycles. The molecule has 17 heteroatoms. The number of nitrogens with zero attached hydrogens (tertiary/aromatic N) is 4. The summed E-state index contributed by atoms with van der Waals surface area (Å²) < 4.78 is 24.4. The quantitative estimate of drug-likeness (QED) is 0.170. The number of morpholine rings is 1. The van der Waals surface area contributed by atoms with Gasteiger partial charge in [-0.05, 0) is 82.3 Å². The number of carbonyl (C=O) groups is 4. The topological polar surface area (TPSA) is 194 Å². The molecular formula is C46H61N7O9S. The molecule has 8 atom stereocenters. The summed E-state index contributed by atoms with van der Waals surface area (Å²) in [5.74, 6) is 0.225. The molecule has 2 unspecified atom stereocenters. The van der Waals surface area contributed by atoms with Crippen molar-refractivity contribution in [2.75, 3.05) is 51.3 Å². The molecule has 3 aliphatic heterocycles. The van der Waals surface area contributed by atoms with Gasteiger partial charge in [0.2, 0.25) is 11.8 Å². The minimum Gasteiger partial charge on any atom is -0.492 e. The Bertz CT molecular complexity index is 2150. The van der Waals surface area contributed by atoms with Crippen molar-refractivity contribution < 1.29 is 43.2 Å². The van der Waals surface area contributed by atoms with Crippen LogP contribution in [0.25, 0.3) is 22.3 Å². The number of rotatable bonds is 12. The number of aliphatic carboxylic acids is 1. The predicted octanol–water partition coefficient (Wildman–Crippen LogP) is 5.84. The zero-order valence-corrected chi connectivity index (χ0v) is 37.2. The number of carboxylic acid groups (broad SMARTS) is 1. The van der Waals surface area contributed by atoms with Crippen LogP contribution in [0.2, 0.25) is 0 Å². The van der Waals surface area contributed by atoms with E-state index in [0.717, 1.165) is 63.3 Å². The molecule has 0 bridgehead atoms. The molecular weight excluding hydrogens is 827 g/mol. The Morgan fingerprint density at radius 1 is 0.984 bits per heavy atom. The van der Waals surface area contributed by atoms with Gasteiger partial charge in [-0.1, -0.05) is 32.1 Å². The van der Waals surface area contributed by atoms with Crippen LogP contribution in [0.1, 0.15) is 90.9 Å². The number of thiazole rings is 1. The largest absolute Gasteiger partial charge is 0.492 e. The van der Waals surface area contributed by atoms with Crippen molar-refractivity contribution in [3.05, 3.63) is 29.6 Å². The van der Waals surface area contributed by atoms with Crippen molar-refractivity contribution in [1.82, 2.24) is 30.4 Å². The van der Waals surface area contributed by atoms with Gasteiger partial charge in [-0.25, -0.2) is 19.6 Å². The lowest BCUT2D eigenvalue weighted by atomic mass is 10.0. The van der Waals surface area contributed by atoms with Gasteiger partial charge in [-0.2, -0.15) is 0 Å². The summed E-state index contributed by atoms with van der Waals surface area (Å²) >= 11 is 1.48. The number of hydrogen-bond acceptors (Lipinski definition) is 13. The molecule has 0 radical (unpaired) electrons. The third-order valence-corrected chi connectivity index (χ3v) is 14.6. The number of anilines is 1. The highest BCUT2D eigenvalue weighted by Gasteiger charge is 2.62. The lowest BCUT2D eigenvalue weighted by molar-refractivity contribution is -0.146. The highest BCUT2D eigenvalue weighted by Crippen LogP contribution is 2.52. The van der Waals surface area contributed by atoms with E-state index >= 15 is 0 Å². The number of carboxylic acids is 1. The van der Waals surface area contributed by atoms with Crippen LogP contribution in [-0.4, -0.2) is 131 Å². The van der Waals surface area contributed by atoms with Gasteiger partial charge in [0.15, 0.2) is 5.13 Å². The summed E-state index contributed by atoms with van der Waals surface area (Å²) in [4.78, 5) is 68.9. The number of amides is 3. The molecule has 3 amide bonds. The molecule has 4 N–H and O–H groups in total. The van der Waals surface area contributed by atoms with E-state index in [9.17, 15) is 24.3 Å². The normalized spacial score (nSPS) is 30.0. The summed E-state index contributed by atoms with van der Waals surface area (Å²) in [5.41, 5.74) is 0.507. The summed E-state index contributed by atoms with van der Waals surface area (Å²) in [6, 6.07) is 5.76. The van der Waals surface area contributed by atoms with E-state index in [1.807, 2.05) is 29.6 Å². The Morgan fingerprint density at radius 3 is 2.54 bits per heavy atom. The summed E-state index contributed by atoms with van der Waals surface area (Å²) in [6.07, 6.45) is 7.29. The minimum absolute atomic E-state index is 0.0423. The number of benzene rings is 1. The Kier molecular flexibility index (Phi) is 13.0. The van der Waals surface area contributed by atoms with E-state index in [1.165, 1.54) is 22.7 Å². The maximum absolute atomic E-state index is 14.8. The number of hydrogen-bond donors (Lipinski definition) is 4. The molecule has 6 fully saturated rings. The average molecular weight is 888 g/mol. The lowest BCUT2D eigenvalue weighted by Gasteiger charge is -2.29. The molecule has 63 heavy (non-hydrogen) atoms. The maximum Gasteiger partial charge on any atom is 0.408 e. The molecule has 9 rings (SSSR count). The summed E-state index contributed by atoms with van der Waals surface area (Å²) in [6.45, 7) is 8.58. The number of ether oxygens (including phenoxy) is 4. The lowest BCUT2D eigenvalue weighted by Crippen LogP contribution is -2.56. The first-order chi connectivity index (χ1) is 30.5. The second-order valence-corrected chi connectivity index (χ2v) is 19.6. The Hall–Kier alpha value is -4.74. The summed E-state index contributed by atoms with van der Waals surface area (Å²) in [7, 11) is 0. The molecule has 3 aliphatic carbocycles. The van der Waals surface area contributed by atoms with E-state index in [4.69, 9.17) is 28.9 Å². The van der Waals surface area contributed by atoms with E-state index in [1.54, 1.807) is 0 Å². The molecule has 3 aromatic rings. The maximum atomic E-state index is 14.8. The van der Waals surface area contributed by atoms with Gasteiger partial charge >= 0.3 is 12.1 Å². The van der Waals surface area contributed by atoms with Gasteiger partial charge < -0.3 is 44.9 Å². The monoisotopic (exact) mass is 887 g/mol. The molecule has 2 aromatic heterocycles. The Labute approximate surface area is 372 Å². The fourth-order valence-corrected chi connectivity index (χ4v) is 11.0. The molecule has 3 saturated carbocycles. The number of fused-ring (bicyclic) bond motifs is 4. The number of aromatic nitrogens is 2. The zero-order chi connectivity index (χ0) is 43.7. The van der Waals surface area contributed by atoms with Crippen molar-refractivity contribution in [3.63, 3.8) is 0 Å². The van der Waals surface area contributed by atoms with Crippen LogP contribution in [0.4, 0.5) is 9.93 Å². The van der Waals surface area contributed by atoms with Gasteiger partial charge in [-0.15, -0.1) is 11.3 Å². The van der Waals surface area contributed by atoms with Crippen molar-refractivity contribution in [1.29, 1.82) is 0 Å². The number of nitrogens with one attached hydrogen (secondary N) is 3. The summed E-state index contributed by atoms with van der Waals surface area (Å²) in [5, 5.41) is 23.0. The van der Waals surface area contributed by atoms with E-state index in [2.05, 4.69) is 34.7 Å². The fourth-order valence-electron chi connectivity index (χ4n) is 10.1. The van der Waals surface area contributed by atoms with Gasteiger partial charge in [-0.3, -0.25) is 14.5 Å². The molecule has 340 valence electrons. The molecule has 0 spiro atoms. The highest BCUT2D eigenvalue weighted by molar-refractivity contribution is 7.14. The standard InChI is InChI=1S/C46H61N7O9S/c1-27(2)47-44-49-38(26-63-44)37-23-40(34-11-10-31(21-36(34)48-37)60-17-14-52-12-15-59-16-13-52)61-33-22-39-41(54)51-46(43(56)57)24-30(46)8-6-4-3-5-7-9-35(42(55)53(39)25-33)50-45(58)62-32-19-28-18-29(28)20-32/h10-11,21,23,26-30,32-33,35,39H,3-9,12-20,22,24-25H2,1-2H3,(H,47,49)(H,50,58)(H,51,54)(H,56,57)/t28-,29?,30-,32?,33-,35+,39+,46-/m1/s1. The molecule has 6 aliphatic rings. The Morgan fingerprint density at radius 2 is 1.76 bits per heavy atom. The van der Waals surface area contributed by atoms with Crippen molar-refractivity contribution in [3.8, 4) is 22.9 Å². The third kappa shape index (κ3) is 10.1. The molecule has 3 saturated heterocycles. The van der Waals surface area contributed by atoms with Crippen molar-refractivity contribution in [2.24, 2.45) is 17.8 Å². The van der Waals surface area contributed by atoms with Crippen LogP contribution >= 0.6 is 11.3 Å². The van der Waals surface area contributed by atoms with E-state index < -0.39 is 47.6 Å². The van der Waals surface area contributed by atoms with Crippen molar-refractivity contribution >= 4 is 51.2 Å². The smallest absolute Gasteiger partial charge is 0.408 e. The van der Waals surface area contributed by atoms with Crippen LogP contribution in [-0.2, 0) is 23.9 Å². The first-order valence-corrected chi connectivity index (χ1v) is 24.0.